The van der Waals surface area contributed by atoms with Crippen LogP contribution in [-0.2, 0) is 4.79 Å². The third kappa shape index (κ3) is 3.82. The minimum Gasteiger partial charge on any atom is -0.394 e. The van der Waals surface area contributed by atoms with E-state index in [0.29, 0.717) is 5.56 Å². The summed E-state index contributed by atoms with van der Waals surface area (Å²) in [6.07, 6.45) is 3.84. The molecule has 4 nitrogen and oxygen atoms in total. The number of rotatable bonds is 3. The van der Waals surface area contributed by atoms with Crippen molar-refractivity contribution in [2.45, 2.75) is 43.7 Å². The van der Waals surface area contributed by atoms with Gasteiger partial charge in [-0.1, -0.05) is 42.9 Å². The smallest absolute Gasteiger partial charge is 0.227 e. The molecular formula is C25H23FN2O2. The molecule has 1 saturated heterocycles. The normalized spacial score (nSPS) is 23.2. The van der Waals surface area contributed by atoms with Crippen molar-refractivity contribution in [2.75, 3.05) is 6.61 Å². The zero-order chi connectivity index (χ0) is 21.1. The molecule has 3 atom stereocenters. The van der Waals surface area contributed by atoms with Crippen LogP contribution in [0.15, 0.2) is 48.5 Å². The van der Waals surface area contributed by atoms with Crippen molar-refractivity contribution < 1.29 is 14.3 Å². The number of nitrogens with zero attached hydrogens (tertiary/aromatic N) is 2. The molecule has 30 heavy (non-hydrogen) atoms. The standard InChI is InChI=1S/C25H23FN2O2/c26-21-7-3-4-18(14-21)9-8-17-10-12-19(13-11-17)24-22(15-27)28(23(24)16-29)25(30)20-5-1-2-6-20/h3-4,7,10-14,20,22-24,29H,1-2,5-6,16H2/t22-,23-,24-/m1/s1. The van der Waals surface area contributed by atoms with Crippen LogP contribution in [-0.4, -0.2) is 34.6 Å². The molecule has 1 aliphatic carbocycles. The van der Waals surface area contributed by atoms with Gasteiger partial charge in [-0.25, -0.2) is 4.39 Å². The summed E-state index contributed by atoms with van der Waals surface area (Å²) in [6, 6.07) is 15.0. The molecule has 2 aromatic carbocycles. The van der Waals surface area contributed by atoms with Crippen LogP contribution in [0.2, 0.25) is 0 Å². The molecule has 2 fully saturated rings. The molecule has 0 spiro atoms. The quantitative estimate of drug-likeness (QED) is 0.798. The Morgan fingerprint density at radius 1 is 1.10 bits per heavy atom. The largest absolute Gasteiger partial charge is 0.394 e. The SMILES string of the molecule is N#C[C@@H]1[C@@H](c2ccc(C#Cc3cccc(F)c3)cc2)[C@@H](CO)N1C(=O)C1CCCC1. The van der Waals surface area contributed by atoms with Crippen LogP contribution in [0.3, 0.4) is 0 Å². The van der Waals surface area contributed by atoms with Gasteiger partial charge in [-0.05, 0) is 48.7 Å². The Kier molecular flexibility index (Phi) is 5.84. The highest BCUT2D eigenvalue weighted by Gasteiger charge is 2.52. The van der Waals surface area contributed by atoms with E-state index in [2.05, 4.69) is 17.9 Å². The van der Waals surface area contributed by atoms with Crippen molar-refractivity contribution in [3.8, 4) is 17.9 Å². The Bertz CT molecular complexity index is 1030. The summed E-state index contributed by atoms with van der Waals surface area (Å²) in [5.41, 5.74) is 2.28. The second kappa shape index (κ2) is 8.69. The highest BCUT2D eigenvalue weighted by molar-refractivity contribution is 5.82. The summed E-state index contributed by atoms with van der Waals surface area (Å²) in [6.45, 7) is -0.164. The van der Waals surface area contributed by atoms with Crippen LogP contribution in [0.5, 0.6) is 0 Å². The van der Waals surface area contributed by atoms with Crippen LogP contribution in [0, 0.1) is 34.9 Å². The molecule has 2 aliphatic rings. The number of carbonyl (C=O) groups is 1. The number of halogens is 1. The van der Waals surface area contributed by atoms with E-state index in [-0.39, 0.29) is 36.2 Å². The lowest BCUT2D eigenvalue weighted by atomic mass is 9.75. The fraction of sp³-hybridized carbons (Fsp3) is 0.360. The highest BCUT2D eigenvalue weighted by Crippen LogP contribution is 2.42. The van der Waals surface area contributed by atoms with E-state index in [1.165, 1.54) is 12.1 Å². The monoisotopic (exact) mass is 402 g/mol. The van der Waals surface area contributed by atoms with E-state index in [1.807, 2.05) is 24.3 Å². The van der Waals surface area contributed by atoms with E-state index < -0.39 is 6.04 Å². The Morgan fingerprint density at radius 3 is 2.43 bits per heavy atom. The maximum absolute atomic E-state index is 13.3. The molecule has 2 aromatic rings. The first-order chi connectivity index (χ1) is 14.6. The summed E-state index contributed by atoms with van der Waals surface area (Å²) < 4.78 is 13.3. The molecule has 1 heterocycles. The molecule has 0 unspecified atom stereocenters. The first-order valence-electron chi connectivity index (χ1n) is 10.3. The van der Waals surface area contributed by atoms with E-state index in [0.717, 1.165) is 36.8 Å². The molecule has 152 valence electrons. The minimum absolute atomic E-state index is 0.00642. The zero-order valence-corrected chi connectivity index (χ0v) is 16.6. The second-order valence-electron chi connectivity index (χ2n) is 7.96. The Balaban J connectivity index is 1.51. The molecular weight excluding hydrogens is 379 g/mol. The Morgan fingerprint density at radius 2 is 1.80 bits per heavy atom. The van der Waals surface area contributed by atoms with Gasteiger partial charge in [0.2, 0.25) is 5.91 Å². The molecule has 0 bridgehead atoms. The van der Waals surface area contributed by atoms with Crippen LogP contribution >= 0.6 is 0 Å². The van der Waals surface area contributed by atoms with E-state index in [4.69, 9.17) is 0 Å². The van der Waals surface area contributed by atoms with Gasteiger partial charge in [0.1, 0.15) is 11.9 Å². The second-order valence-corrected chi connectivity index (χ2v) is 7.96. The van der Waals surface area contributed by atoms with Crippen molar-refractivity contribution in [3.05, 3.63) is 71.0 Å². The van der Waals surface area contributed by atoms with Crippen LogP contribution in [0.4, 0.5) is 4.39 Å². The van der Waals surface area contributed by atoms with Crippen molar-refractivity contribution in [2.24, 2.45) is 5.92 Å². The molecule has 4 rings (SSSR count). The average molecular weight is 402 g/mol. The van der Waals surface area contributed by atoms with Gasteiger partial charge in [0.25, 0.3) is 0 Å². The predicted molar refractivity (Wildman–Crippen MR) is 111 cm³/mol. The van der Waals surface area contributed by atoms with Gasteiger partial charge < -0.3 is 10.0 Å². The van der Waals surface area contributed by atoms with Crippen LogP contribution in [0.1, 0.15) is 48.3 Å². The number of hydrogen-bond donors (Lipinski definition) is 1. The Hall–Kier alpha value is -3.15. The fourth-order valence-corrected chi connectivity index (χ4v) is 4.59. The van der Waals surface area contributed by atoms with Crippen LogP contribution in [0.25, 0.3) is 0 Å². The average Bonchev–Trinajstić information content (AvgIpc) is 3.28. The number of amides is 1. The molecule has 0 radical (unpaired) electrons. The van der Waals surface area contributed by atoms with Gasteiger partial charge in [0, 0.05) is 23.0 Å². The van der Waals surface area contributed by atoms with E-state index >= 15 is 0 Å². The zero-order valence-electron chi connectivity index (χ0n) is 16.6. The predicted octanol–water partition coefficient (Wildman–Crippen LogP) is 3.59. The van der Waals surface area contributed by atoms with Gasteiger partial charge in [-0.15, -0.1) is 0 Å². The van der Waals surface area contributed by atoms with Gasteiger partial charge in [-0.2, -0.15) is 5.26 Å². The van der Waals surface area contributed by atoms with Gasteiger partial charge >= 0.3 is 0 Å². The summed E-state index contributed by atoms with van der Waals surface area (Å²) in [7, 11) is 0. The Labute approximate surface area is 175 Å². The van der Waals surface area contributed by atoms with Crippen molar-refractivity contribution in [3.63, 3.8) is 0 Å². The minimum atomic E-state index is -0.556. The van der Waals surface area contributed by atoms with Crippen molar-refractivity contribution >= 4 is 5.91 Å². The number of aliphatic hydroxyl groups excluding tert-OH is 1. The lowest BCUT2D eigenvalue weighted by molar-refractivity contribution is -0.151. The lowest BCUT2D eigenvalue weighted by Gasteiger charge is -2.52. The summed E-state index contributed by atoms with van der Waals surface area (Å²) in [5.74, 6) is 5.40. The summed E-state index contributed by atoms with van der Waals surface area (Å²) >= 11 is 0. The number of likely N-dealkylation sites (tertiary alicyclic amines) is 1. The number of benzene rings is 2. The topological polar surface area (TPSA) is 64.3 Å². The summed E-state index contributed by atoms with van der Waals surface area (Å²) in [4.78, 5) is 14.5. The van der Waals surface area contributed by atoms with Crippen molar-refractivity contribution in [1.29, 1.82) is 5.26 Å². The molecule has 0 aromatic heterocycles. The van der Waals surface area contributed by atoms with E-state index in [1.54, 1.807) is 17.0 Å². The van der Waals surface area contributed by atoms with Crippen LogP contribution < -0.4 is 0 Å². The van der Waals surface area contributed by atoms with E-state index in [9.17, 15) is 19.6 Å². The van der Waals surface area contributed by atoms with Gasteiger partial charge in [0.05, 0.1) is 18.7 Å². The third-order valence-corrected chi connectivity index (χ3v) is 6.16. The maximum atomic E-state index is 13.3. The molecule has 1 aliphatic heterocycles. The number of hydrogen-bond acceptors (Lipinski definition) is 3. The first-order valence-corrected chi connectivity index (χ1v) is 10.3. The first kappa shape index (κ1) is 20.1. The molecule has 1 saturated carbocycles. The molecule has 1 N–H and O–H groups in total. The maximum Gasteiger partial charge on any atom is 0.227 e. The number of nitriles is 1. The van der Waals surface area contributed by atoms with Gasteiger partial charge in [0.15, 0.2) is 0 Å². The highest BCUT2D eigenvalue weighted by atomic mass is 19.1. The number of carbonyl (C=O) groups excluding carboxylic acids is 1. The number of aliphatic hydroxyl groups is 1. The fourth-order valence-electron chi connectivity index (χ4n) is 4.59. The van der Waals surface area contributed by atoms with Gasteiger partial charge in [-0.3, -0.25) is 4.79 Å². The molecule has 5 heteroatoms. The van der Waals surface area contributed by atoms with Crippen molar-refractivity contribution in [1.82, 2.24) is 4.90 Å². The lowest BCUT2D eigenvalue weighted by Crippen LogP contribution is -2.66. The molecule has 1 amide bonds. The third-order valence-electron chi connectivity index (χ3n) is 6.16. The summed E-state index contributed by atoms with van der Waals surface area (Å²) in [5, 5.41) is 19.6.